The van der Waals surface area contributed by atoms with Crippen LogP contribution in [0.5, 0.6) is 0 Å². The summed E-state index contributed by atoms with van der Waals surface area (Å²) in [5, 5.41) is 13.1. The van der Waals surface area contributed by atoms with Gasteiger partial charge in [0, 0.05) is 20.1 Å². The van der Waals surface area contributed by atoms with Gasteiger partial charge in [-0.1, -0.05) is 12.8 Å². The summed E-state index contributed by atoms with van der Waals surface area (Å²) in [5.74, 6) is 0.0825. The van der Waals surface area contributed by atoms with Crippen LogP contribution in [0.3, 0.4) is 0 Å². The fraction of sp³-hybridized carbons (Fsp3) is 0.909. The van der Waals surface area contributed by atoms with Gasteiger partial charge in [-0.2, -0.15) is 0 Å². The number of hydrogen-bond acceptors (Lipinski definition) is 3. The van der Waals surface area contributed by atoms with Crippen molar-refractivity contribution >= 4 is 5.91 Å². The molecule has 0 aromatic rings. The predicted molar refractivity (Wildman–Crippen MR) is 59.6 cm³/mol. The lowest BCUT2D eigenvalue weighted by Crippen LogP contribution is -2.43. The fourth-order valence-corrected chi connectivity index (χ4v) is 1.92. The first-order chi connectivity index (χ1) is 7.07. The van der Waals surface area contributed by atoms with E-state index in [0.29, 0.717) is 13.1 Å². The maximum Gasteiger partial charge on any atom is 0.236 e. The molecule has 1 saturated carbocycles. The summed E-state index contributed by atoms with van der Waals surface area (Å²) in [6, 6.07) is 0. The van der Waals surface area contributed by atoms with Crippen molar-refractivity contribution in [3.05, 3.63) is 0 Å². The van der Waals surface area contributed by atoms with E-state index in [9.17, 15) is 9.90 Å². The Hall–Kier alpha value is -0.610. The number of carbonyl (C=O) groups excluding carboxylic acids is 1. The molecule has 0 unspecified atom stereocenters. The van der Waals surface area contributed by atoms with Gasteiger partial charge in [0.05, 0.1) is 12.1 Å². The van der Waals surface area contributed by atoms with Crippen molar-refractivity contribution in [2.45, 2.75) is 38.2 Å². The summed E-state index contributed by atoms with van der Waals surface area (Å²) in [6.45, 7) is 3.54. The minimum atomic E-state index is -0.564. The molecular formula is C11H22N2O2. The quantitative estimate of drug-likeness (QED) is 0.695. The van der Waals surface area contributed by atoms with Crippen molar-refractivity contribution in [2.75, 3.05) is 26.7 Å². The second kappa shape index (κ2) is 5.47. The van der Waals surface area contributed by atoms with E-state index in [-0.39, 0.29) is 5.91 Å². The maximum atomic E-state index is 11.4. The molecular weight excluding hydrogens is 192 g/mol. The molecule has 0 aromatic carbocycles. The number of nitrogens with one attached hydrogen (secondary N) is 1. The molecule has 4 heteroatoms. The summed E-state index contributed by atoms with van der Waals surface area (Å²) >= 11 is 0. The minimum Gasteiger partial charge on any atom is -0.389 e. The SMILES string of the molecule is CCN(C)C(=O)CNCC1(O)CCCC1. The first-order valence-corrected chi connectivity index (χ1v) is 5.74. The lowest BCUT2D eigenvalue weighted by Gasteiger charge is -2.23. The third-order valence-corrected chi connectivity index (χ3v) is 3.16. The second-order valence-electron chi connectivity index (χ2n) is 4.44. The molecule has 4 nitrogen and oxygen atoms in total. The van der Waals surface area contributed by atoms with Crippen LogP contribution in [0.25, 0.3) is 0 Å². The molecule has 88 valence electrons. The lowest BCUT2D eigenvalue weighted by molar-refractivity contribution is -0.128. The van der Waals surface area contributed by atoms with Crippen molar-refractivity contribution in [2.24, 2.45) is 0 Å². The highest BCUT2D eigenvalue weighted by atomic mass is 16.3. The summed E-state index contributed by atoms with van der Waals surface area (Å²) in [5.41, 5.74) is -0.564. The summed E-state index contributed by atoms with van der Waals surface area (Å²) < 4.78 is 0. The largest absolute Gasteiger partial charge is 0.389 e. The Bertz CT molecular complexity index is 213. The number of nitrogens with zero attached hydrogens (tertiary/aromatic N) is 1. The van der Waals surface area contributed by atoms with Crippen LogP contribution in [-0.4, -0.2) is 48.2 Å². The molecule has 1 aliphatic carbocycles. The number of aliphatic hydroxyl groups is 1. The number of likely N-dealkylation sites (N-methyl/N-ethyl adjacent to an activating group) is 1. The van der Waals surface area contributed by atoms with Crippen LogP contribution in [0.1, 0.15) is 32.6 Å². The normalized spacial score (nSPS) is 19.1. The number of carbonyl (C=O) groups is 1. The van der Waals surface area contributed by atoms with E-state index in [2.05, 4.69) is 5.32 Å². The topological polar surface area (TPSA) is 52.6 Å². The number of hydrogen-bond donors (Lipinski definition) is 2. The average Bonchev–Trinajstić information content (AvgIpc) is 2.64. The van der Waals surface area contributed by atoms with Gasteiger partial charge in [0.2, 0.25) is 5.91 Å². The molecule has 0 saturated heterocycles. The van der Waals surface area contributed by atoms with E-state index in [4.69, 9.17) is 0 Å². The Morgan fingerprint density at radius 3 is 2.60 bits per heavy atom. The lowest BCUT2D eigenvalue weighted by atomic mass is 10.0. The van der Waals surface area contributed by atoms with E-state index in [1.54, 1.807) is 11.9 Å². The van der Waals surface area contributed by atoms with Crippen LogP contribution in [-0.2, 0) is 4.79 Å². The molecule has 1 aliphatic rings. The fourth-order valence-electron chi connectivity index (χ4n) is 1.92. The average molecular weight is 214 g/mol. The molecule has 1 rings (SSSR count). The van der Waals surface area contributed by atoms with Crippen molar-refractivity contribution in [3.63, 3.8) is 0 Å². The standard InChI is InChI=1S/C11H22N2O2/c1-3-13(2)10(14)8-12-9-11(15)6-4-5-7-11/h12,15H,3-9H2,1-2H3. The smallest absolute Gasteiger partial charge is 0.236 e. The molecule has 1 fully saturated rings. The van der Waals surface area contributed by atoms with Gasteiger partial charge < -0.3 is 15.3 Å². The Morgan fingerprint density at radius 1 is 1.47 bits per heavy atom. The van der Waals surface area contributed by atoms with E-state index >= 15 is 0 Å². The van der Waals surface area contributed by atoms with Crippen LogP contribution < -0.4 is 5.32 Å². The Labute approximate surface area is 91.6 Å². The van der Waals surface area contributed by atoms with Gasteiger partial charge in [-0.3, -0.25) is 4.79 Å². The van der Waals surface area contributed by atoms with E-state index in [1.807, 2.05) is 6.92 Å². The van der Waals surface area contributed by atoms with Crippen molar-refractivity contribution in [1.82, 2.24) is 10.2 Å². The molecule has 0 aromatic heterocycles. The predicted octanol–water partition coefficient (Wildman–Crippen LogP) is 0.359. The maximum absolute atomic E-state index is 11.4. The van der Waals surface area contributed by atoms with E-state index < -0.39 is 5.60 Å². The molecule has 1 amide bonds. The highest BCUT2D eigenvalue weighted by molar-refractivity contribution is 5.77. The zero-order valence-corrected chi connectivity index (χ0v) is 9.75. The summed E-state index contributed by atoms with van der Waals surface area (Å²) in [4.78, 5) is 13.1. The zero-order valence-electron chi connectivity index (χ0n) is 9.75. The van der Waals surface area contributed by atoms with Gasteiger partial charge in [0.25, 0.3) is 0 Å². The van der Waals surface area contributed by atoms with Crippen LogP contribution in [0.2, 0.25) is 0 Å². The molecule has 0 spiro atoms. The summed E-state index contributed by atoms with van der Waals surface area (Å²) in [7, 11) is 1.79. The third-order valence-electron chi connectivity index (χ3n) is 3.16. The van der Waals surface area contributed by atoms with Crippen LogP contribution >= 0.6 is 0 Å². The Morgan fingerprint density at radius 2 is 2.07 bits per heavy atom. The summed E-state index contributed by atoms with van der Waals surface area (Å²) in [6.07, 6.45) is 3.91. The Balaban J connectivity index is 2.18. The first kappa shape index (κ1) is 12.5. The second-order valence-corrected chi connectivity index (χ2v) is 4.44. The first-order valence-electron chi connectivity index (χ1n) is 5.74. The van der Waals surface area contributed by atoms with Gasteiger partial charge in [-0.15, -0.1) is 0 Å². The van der Waals surface area contributed by atoms with E-state index in [0.717, 1.165) is 32.2 Å². The van der Waals surface area contributed by atoms with Crippen LogP contribution in [0.4, 0.5) is 0 Å². The molecule has 0 radical (unpaired) electrons. The van der Waals surface area contributed by atoms with Gasteiger partial charge in [0.1, 0.15) is 0 Å². The molecule has 0 aliphatic heterocycles. The number of amides is 1. The molecule has 2 N–H and O–H groups in total. The minimum absolute atomic E-state index is 0.0825. The van der Waals surface area contributed by atoms with Crippen molar-refractivity contribution in [1.29, 1.82) is 0 Å². The van der Waals surface area contributed by atoms with Crippen LogP contribution in [0, 0.1) is 0 Å². The highest BCUT2D eigenvalue weighted by Crippen LogP contribution is 2.28. The third kappa shape index (κ3) is 3.80. The van der Waals surface area contributed by atoms with E-state index in [1.165, 1.54) is 0 Å². The van der Waals surface area contributed by atoms with Crippen molar-refractivity contribution < 1.29 is 9.90 Å². The highest BCUT2D eigenvalue weighted by Gasteiger charge is 2.30. The number of rotatable bonds is 5. The van der Waals surface area contributed by atoms with Gasteiger partial charge in [0.15, 0.2) is 0 Å². The monoisotopic (exact) mass is 214 g/mol. The van der Waals surface area contributed by atoms with Crippen LogP contribution in [0.15, 0.2) is 0 Å². The molecule has 0 heterocycles. The van der Waals surface area contributed by atoms with Gasteiger partial charge in [-0.05, 0) is 19.8 Å². The molecule has 0 atom stereocenters. The molecule has 15 heavy (non-hydrogen) atoms. The van der Waals surface area contributed by atoms with Gasteiger partial charge >= 0.3 is 0 Å². The van der Waals surface area contributed by atoms with Gasteiger partial charge in [-0.25, -0.2) is 0 Å². The Kier molecular flexibility index (Phi) is 4.54. The zero-order chi connectivity index (χ0) is 11.3. The van der Waals surface area contributed by atoms with Crippen molar-refractivity contribution in [3.8, 4) is 0 Å². The molecule has 0 bridgehead atoms.